The first kappa shape index (κ1) is 15.0. The number of benzene rings is 1. The molecule has 0 spiro atoms. The Morgan fingerprint density at radius 2 is 2.28 bits per heavy atom. The highest BCUT2D eigenvalue weighted by Gasteiger charge is 2.04. The molecule has 1 aromatic carbocycles. The van der Waals surface area contributed by atoms with Crippen molar-refractivity contribution in [3.05, 3.63) is 34.3 Å². The van der Waals surface area contributed by atoms with Crippen LogP contribution >= 0.6 is 15.9 Å². The van der Waals surface area contributed by atoms with E-state index in [4.69, 9.17) is 10.9 Å². The SMILES string of the molecule is C[C@H](NCCCC/C(N)=N/O)c1cccc(Br)c1. The van der Waals surface area contributed by atoms with Gasteiger partial charge in [-0.05, 0) is 44.0 Å². The molecule has 18 heavy (non-hydrogen) atoms. The molecule has 0 heterocycles. The van der Waals surface area contributed by atoms with Crippen molar-refractivity contribution < 1.29 is 5.21 Å². The van der Waals surface area contributed by atoms with Crippen LogP contribution in [0.15, 0.2) is 33.9 Å². The molecular formula is C13H20BrN3O. The Hall–Kier alpha value is -1.07. The van der Waals surface area contributed by atoms with Crippen LogP contribution in [0.4, 0.5) is 0 Å². The minimum atomic E-state index is 0.301. The molecule has 0 bridgehead atoms. The molecule has 0 unspecified atom stereocenters. The summed E-state index contributed by atoms with van der Waals surface area (Å²) in [6.45, 7) is 3.07. The zero-order valence-corrected chi connectivity index (χ0v) is 12.2. The van der Waals surface area contributed by atoms with Gasteiger partial charge >= 0.3 is 0 Å². The van der Waals surface area contributed by atoms with Gasteiger partial charge in [-0.25, -0.2) is 0 Å². The fourth-order valence-corrected chi connectivity index (χ4v) is 2.11. The maximum absolute atomic E-state index is 8.40. The van der Waals surface area contributed by atoms with Gasteiger partial charge in [-0.3, -0.25) is 0 Å². The average molecular weight is 314 g/mol. The van der Waals surface area contributed by atoms with Gasteiger partial charge in [-0.2, -0.15) is 0 Å². The van der Waals surface area contributed by atoms with Crippen LogP contribution in [0.25, 0.3) is 0 Å². The fourth-order valence-electron chi connectivity index (χ4n) is 1.69. The summed E-state index contributed by atoms with van der Waals surface area (Å²) in [6, 6.07) is 8.61. The largest absolute Gasteiger partial charge is 0.409 e. The van der Waals surface area contributed by atoms with Gasteiger partial charge < -0.3 is 16.3 Å². The lowest BCUT2D eigenvalue weighted by molar-refractivity contribution is 0.316. The lowest BCUT2D eigenvalue weighted by atomic mass is 10.1. The molecule has 4 N–H and O–H groups in total. The first-order valence-corrected chi connectivity index (χ1v) is 6.88. The van der Waals surface area contributed by atoms with Gasteiger partial charge in [0, 0.05) is 16.9 Å². The Balaban J connectivity index is 2.23. The van der Waals surface area contributed by atoms with Crippen molar-refractivity contribution in [1.29, 1.82) is 0 Å². The Morgan fingerprint density at radius 1 is 1.50 bits per heavy atom. The Labute approximate surface area is 116 Å². The van der Waals surface area contributed by atoms with Crippen LogP contribution in [0, 0.1) is 0 Å². The molecule has 100 valence electrons. The van der Waals surface area contributed by atoms with E-state index < -0.39 is 0 Å². The van der Waals surface area contributed by atoms with Crippen LogP contribution in [0.5, 0.6) is 0 Å². The van der Waals surface area contributed by atoms with Crippen molar-refractivity contribution in [2.75, 3.05) is 6.54 Å². The summed E-state index contributed by atoms with van der Waals surface area (Å²) >= 11 is 3.47. The van der Waals surface area contributed by atoms with Gasteiger partial charge in [-0.1, -0.05) is 33.2 Å². The molecule has 1 rings (SSSR count). The Bertz CT molecular complexity index is 396. The predicted octanol–water partition coefficient (Wildman–Crippen LogP) is 3.02. The number of amidine groups is 1. The van der Waals surface area contributed by atoms with E-state index in [0.29, 0.717) is 18.3 Å². The quantitative estimate of drug-likeness (QED) is 0.238. The van der Waals surface area contributed by atoms with Crippen LogP contribution in [-0.2, 0) is 0 Å². The summed E-state index contributed by atoms with van der Waals surface area (Å²) in [5, 5.41) is 14.8. The molecule has 0 fully saturated rings. The van der Waals surface area contributed by atoms with E-state index in [1.807, 2.05) is 12.1 Å². The van der Waals surface area contributed by atoms with E-state index in [0.717, 1.165) is 23.9 Å². The fraction of sp³-hybridized carbons (Fsp3) is 0.462. The number of nitrogens with two attached hydrogens (primary N) is 1. The van der Waals surface area contributed by atoms with Crippen LogP contribution in [0.2, 0.25) is 0 Å². The lowest BCUT2D eigenvalue weighted by Gasteiger charge is -2.14. The van der Waals surface area contributed by atoms with Crippen molar-refractivity contribution in [3.8, 4) is 0 Å². The predicted molar refractivity (Wildman–Crippen MR) is 77.8 cm³/mol. The third kappa shape index (κ3) is 5.51. The van der Waals surface area contributed by atoms with Crippen LogP contribution in [-0.4, -0.2) is 17.6 Å². The molecule has 0 amide bonds. The minimum Gasteiger partial charge on any atom is -0.409 e. The van der Waals surface area contributed by atoms with Gasteiger partial charge in [0.25, 0.3) is 0 Å². The molecular weight excluding hydrogens is 294 g/mol. The van der Waals surface area contributed by atoms with Crippen molar-refractivity contribution in [3.63, 3.8) is 0 Å². The maximum Gasteiger partial charge on any atom is 0.139 e. The highest BCUT2D eigenvalue weighted by Crippen LogP contribution is 2.17. The van der Waals surface area contributed by atoms with Crippen LogP contribution in [0.1, 0.15) is 37.8 Å². The van der Waals surface area contributed by atoms with Gasteiger partial charge in [0.1, 0.15) is 5.84 Å². The molecule has 0 saturated carbocycles. The Morgan fingerprint density at radius 3 is 2.94 bits per heavy atom. The highest BCUT2D eigenvalue weighted by atomic mass is 79.9. The average Bonchev–Trinajstić information content (AvgIpc) is 2.37. The molecule has 0 aromatic heterocycles. The Kier molecular flexibility index (Phi) is 6.75. The van der Waals surface area contributed by atoms with Crippen molar-refractivity contribution in [1.82, 2.24) is 5.32 Å². The smallest absolute Gasteiger partial charge is 0.139 e. The summed E-state index contributed by atoms with van der Waals surface area (Å²) < 4.78 is 1.10. The van der Waals surface area contributed by atoms with E-state index in [1.54, 1.807) is 0 Å². The molecule has 4 nitrogen and oxygen atoms in total. The first-order valence-electron chi connectivity index (χ1n) is 6.08. The van der Waals surface area contributed by atoms with Crippen molar-refractivity contribution in [2.24, 2.45) is 10.9 Å². The first-order chi connectivity index (χ1) is 8.63. The van der Waals surface area contributed by atoms with Crippen LogP contribution in [0.3, 0.4) is 0 Å². The van der Waals surface area contributed by atoms with Gasteiger partial charge in [-0.15, -0.1) is 0 Å². The second kappa shape index (κ2) is 8.11. The molecule has 5 heteroatoms. The number of nitrogens with one attached hydrogen (secondary N) is 1. The van der Waals surface area contributed by atoms with E-state index in [-0.39, 0.29) is 0 Å². The van der Waals surface area contributed by atoms with Crippen molar-refractivity contribution in [2.45, 2.75) is 32.2 Å². The molecule has 0 aliphatic heterocycles. The summed E-state index contributed by atoms with van der Waals surface area (Å²) in [6.07, 6.45) is 2.58. The molecule has 0 saturated heterocycles. The topological polar surface area (TPSA) is 70.6 Å². The second-order valence-electron chi connectivity index (χ2n) is 4.28. The number of rotatable bonds is 7. The second-order valence-corrected chi connectivity index (χ2v) is 5.19. The van der Waals surface area contributed by atoms with E-state index in [9.17, 15) is 0 Å². The van der Waals surface area contributed by atoms with Gasteiger partial charge in [0.15, 0.2) is 0 Å². The summed E-state index contributed by atoms with van der Waals surface area (Å²) in [7, 11) is 0. The van der Waals surface area contributed by atoms with Crippen LogP contribution < -0.4 is 11.1 Å². The maximum atomic E-state index is 8.40. The normalized spacial score (nSPS) is 13.6. The number of hydrogen-bond acceptors (Lipinski definition) is 3. The van der Waals surface area contributed by atoms with E-state index >= 15 is 0 Å². The third-order valence-electron chi connectivity index (χ3n) is 2.79. The standard InChI is InChI=1S/C13H20BrN3O/c1-10(11-5-4-6-12(14)9-11)16-8-3-2-7-13(15)17-18/h4-6,9-10,16,18H,2-3,7-8H2,1H3,(H2,15,17)/t10-/m0/s1. The zero-order valence-electron chi connectivity index (χ0n) is 10.6. The number of halogens is 1. The molecule has 0 aliphatic carbocycles. The highest BCUT2D eigenvalue weighted by molar-refractivity contribution is 9.10. The lowest BCUT2D eigenvalue weighted by Crippen LogP contribution is -2.20. The van der Waals surface area contributed by atoms with Gasteiger partial charge in [0.2, 0.25) is 0 Å². The van der Waals surface area contributed by atoms with E-state index in [1.165, 1.54) is 5.56 Å². The summed E-state index contributed by atoms with van der Waals surface area (Å²) in [5.41, 5.74) is 6.66. The third-order valence-corrected chi connectivity index (χ3v) is 3.28. The molecule has 1 aromatic rings. The van der Waals surface area contributed by atoms with Crippen molar-refractivity contribution >= 4 is 21.8 Å². The zero-order chi connectivity index (χ0) is 13.4. The minimum absolute atomic E-state index is 0.301. The molecule has 0 aliphatic rings. The summed E-state index contributed by atoms with van der Waals surface area (Å²) in [5.74, 6) is 0.301. The number of hydrogen-bond donors (Lipinski definition) is 3. The van der Waals surface area contributed by atoms with E-state index in [2.05, 4.69) is 45.5 Å². The number of nitrogens with zero attached hydrogens (tertiary/aromatic N) is 1. The number of unbranched alkanes of at least 4 members (excludes halogenated alkanes) is 1. The summed E-state index contributed by atoms with van der Waals surface area (Å²) in [4.78, 5) is 0. The number of oxime groups is 1. The molecule has 0 radical (unpaired) electrons. The molecule has 1 atom stereocenters. The van der Waals surface area contributed by atoms with Gasteiger partial charge in [0.05, 0.1) is 0 Å². The monoisotopic (exact) mass is 313 g/mol.